The third kappa shape index (κ3) is 5.07. The quantitative estimate of drug-likeness (QED) is 0.684. The van der Waals surface area contributed by atoms with Crippen molar-refractivity contribution in [1.29, 1.82) is 5.26 Å². The number of aliphatic imine (C=N–C) groups is 1. The smallest absolute Gasteiger partial charge is 0.206 e. The SMILES string of the molecule is C=C(NCC(C)=O)C1=CC2=C(CS1)C(=C)N(Cc1ccccc1C#N)C(N1CCCCC1)=N2. The van der Waals surface area contributed by atoms with Gasteiger partial charge in [-0.15, -0.1) is 11.8 Å². The van der Waals surface area contributed by atoms with Crippen LogP contribution in [0.5, 0.6) is 0 Å². The van der Waals surface area contributed by atoms with E-state index in [1.54, 1.807) is 18.7 Å². The summed E-state index contributed by atoms with van der Waals surface area (Å²) in [4.78, 5) is 22.0. The van der Waals surface area contributed by atoms with Gasteiger partial charge in [0.1, 0.15) is 5.78 Å². The fourth-order valence-corrected chi connectivity index (χ4v) is 5.25. The molecular weight excluding hydrogens is 430 g/mol. The number of Topliss-reactive ketones (excluding diaryl/α,β-unsaturated/α-hetero) is 1. The molecule has 6 nitrogen and oxygen atoms in total. The summed E-state index contributed by atoms with van der Waals surface area (Å²) >= 11 is 1.67. The molecule has 1 aromatic rings. The van der Waals surface area contributed by atoms with Gasteiger partial charge in [0.15, 0.2) is 0 Å². The third-order valence-corrected chi connectivity index (χ3v) is 7.15. The van der Waals surface area contributed by atoms with Gasteiger partial charge in [-0.25, -0.2) is 4.99 Å². The lowest BCUT2D eigenvalue weighted by atomic mass is 10.0. The number of carbonyl (C=O) groups is 1. The van der Waals surface area contributed by atoms with Gasteiger partial charge in [-0.05, 0) is 43.9 Å². The topological polar surface area (TPSA) is 71.7 Å². The van der Waals surface area contributed by atoms with Crippen molar-refractivity contribution < 1.29 is 4.79 Å². The minimum atomic E-state index is 0.0715. The fourth-order valence-electron chi connectivity index (χ4n) is 4.19. The molecule has 0 saturated carbocycles. The molecule has 1 aromatic carbocycles. The second-order valence-electron chi connectivity index (χ2n) is 8.46. The average molecular weight is 460 g/mol. The first-order valence-corrected chi connectivity index (χ1v) is 12.2. The predicted octanol–water partition coefficient (Wildman–Crippen LogP) is 4.31. The van der Waals surface area contributed by atoms with Gasteiger partial charge < -0.3 is 15.1 Å². The van der Waals surface area contributed by atoms with Crippen molar-refractivity contribution in [3.05, 3.63) is 82.2 Å². The maximum Gasteiger partial charge on any atom is 0.206 e. The minimum Gasteiger partial charge on any atom is -0.378 e. The Morgan fingerprint density at radius 1 is 1.27 bits per heavy atom. The molecule has 1 fully saturated rings. The summed E-state index contributed by atoms with van der Waals surface area (Å²) in [6, 6.07) is 10.0. The van der Waals surface area contributed by atoms with E-state index in [4.69, 9.17) is 4.99 Å². The molecule has 170 valence electrons. The Bertz CT molecular complexity index is 1120. The van der Waals surface area contributed by atoms with Gasteiger partial charge in [0.05, 0.1) is 30.4 Å². The lowest BCUT2D eigenvalue weighted by Crippen LogP contribution is -2.47. The standard InChI is InChI=1S/C26H29N5OS/c1-18(32)15-28-19(2)25-13-24-23(17-33-25)20(3)31(16-22-10-6-5-9-21(22)14-27)26(29-24)30-11-7-4-8-12-30/h5-6,9-10,13,28H,2-4,7-8,11-12,15-17H2,1H3. The van der Waals surface area contributed by atoms with E-state index in [9.17, 15) is 10.1 Å². The molecule has 4 rings (SSSR count). The number of hydrogen-bond donors (Lipinski definition) is 1. The van der Waals surface area contributed by atoms with Gasteiger partial charge in [-0.1, -0.05) is 31.4 Å². The third-order valence-electron chi connectivity index (χ3n) is 6.04. The molecule has 0 radical (unpaired) electrons. The number of allylic oxidation sites excluding steroid dienone is 2. The Morgan fingerprint density at radius 2 is 2.03 bits per heavy atom. The Hall–Kier alpha value is -3.24. The van der Waals surface area contributed by atoms with Gasteiger partial charge >= 0.3 is 0 Å². The summed E-state index contributed by atoms with van der Waals surface area (Å²) in [7, 11) is 0. The molecule has 0 amide bonds. The van der Waals surface area contributed by atoms with Crippen LogP contribution in [0, 0.1) is 11.3 Å². The molecule has 7 heteroatoms. The predicted molar refractivity (Wildman–Crippen MR) is 134 cm³/mol. The van der Waals surface area contributed by atoms with E-state index >= 15 is 0 Å². The minimum absolute atomic E-state index is 0.0715. The molecule has 3 aliphatic rings. The molecule has 33 heavy (non-hydrogen) atoms. The fraction of sp³-hybridized carbons (Fsp3) is 0.346. The van der Waals surface area contributed by atoms with E-state index in [2.05, 4.69) is 40.4 Å². The van der Waals surface area contributed by atoms with Crippen LogP contribution in [-0.4, -0.2) is 46.9 Å². The van der Waals surface area contributed by atoms with E-state index in [1.807, 2.05) is 24.3 Å². The van der Waals surface area contributed by atoms with Crippen LogP contribution in [0.3, 0.4) is 0 Å². The van der Waals surface area contributed by atoms with Crippen molar-refractivity contribution in [1.82, 2.24) is 15.1 Å². The van der Waals surface area contributed by atoms with Crippen molar-refractivity contribution in [3.63, 3.8) is 0 Å². The number of hydrogen-bond acceptors (Lipinski definition) is 7. The second-order valence-corrected chi connectivity index (χ2v) is 9.47. The highest BCUT2D eigenvalue weighted by Gasteiger charge is 2.32. The van der Waals surface area contributed by atoms with Crippen LogP contribution < -0.4 is 5.32 Å². The van der Waals surface area contributed by atoms with Crippen LogP contribution >= 0.6 is 11.8 Å². The van der Waals surface area contributed by atoms with Crippen molar-refractivity contribution in [2.24, 2.45) is 4.99 Å². The van der Waals surface area contributed by atoms with Crippen LogP contribution in [-0.2, 0) is 11.3 Å². The van der Waals surface area contributed by atoms with Crippen molar-refractivity contribution in [2.75, 3.05) is 25.4 Å². The summed E-state index contributed by atoms with van der Waals surface area (Å²) in [5.74, 6) is 1.70. The van der Waals surface area contributed by atoms with E-state index < -0.39 is 0 Å². The van der Waals surface area contributed by atoms with Gasteiger partial charge in [-0.3, -0.25) is 4.79 Å². The number of thioether (sulfide) groups is 1. The number of nitrogens with zero attached hydrogens (tertiary/aromatic N) is 4. The van der Waals surface area contributed by atoms with Crippen LogP contribution in [0.25, 0.3) is 0 Å². The molecule has 3 aliphatic heterocycles. The first-order valence-electron chi connectivity index (χ1n) is 11.3. The summed E-state index contributed by atoms with van der Waals surface area (Å²) in [5, 5.41) is 12.7. The summed E-state index contributed by atoms with van der Waals surface area (Å²) < 4.78 is 0. The summed E-state index contributed by atoms with van der Waals surface area (Å²) in [6.07, 6.45) is 5.57. The molecule has 0 bridgehead atoms. The maximum absolute atomic E-state index is 11.3. The second kappa shape index (κ2) is 10.1. The van der Waals surface area contributed by atoms with Crippen LogP contribution in [0.4, 0.5) is 0 Å². The molecule has 1 N–H and O–H groups in total. The van der Waals surface area contributed by atoms with Crippen LogP contribution in [0.1, 0.15) is 37.3 Å². The number of ketones is 1. The number of nitriles is 1. The molecule has 0 spiro atoms. The average Bonchev–Trinajstić information content (AvgIpc) is 2.84. The lowest BCUT2D eigenvalue weighted by molar-refractivity contribution is -0.116. The monoisotopic (exact) mass is 459 g/mol. The Balaban J connectivity index is 1.67. The number of likely N-dealkylation sites (tertiary alicyclic amines) is 1. The number of carbonyl (C=O) groups excluding carboxylic acids is 1. The Labute approximate surface area is 200 Å². The molecule has 1 saturated heterocycles. The largest absolute Gasteiger partial charge is 0.378 e. The number of rotatable bonds is 6. The first-order chi connectivity index (χ1) is 16.0. The van der Waals surface area contributed by atoms with Crippen LogP contribution in [0.2, 0.25) is 0 Å². The molecule has 0 unspecified atom stereocenters. The number of guanidine groups is 1. The molecule has 3 heterocycles. The van der Waals surface area contributed by atoms with E-state index in [1.165, 1.54) is 6.42 Å². The van der Waals surface area contributed by atoms with Gasteiger partial charge in [0.25, 0.3) is 0 Å². The van der Waals surface area contributed by atoms with Crippen molar-refractivity contribution >= 4 is 23.5 Å². The zero-order valence-electron chi connectivity index (χ0n) is 19.1. The van der Waals surface area contributed by atoms with E-state index in [0.717, 1.165) is 70.8 Å². The zero-order chi connectivity index (χ0) is 23.4. The summed E-state index contributed by atoms with van der Waals surface area (Å²) in [5.41, 5.74) is 5.32. The Kier molecular flexibility index (Phi) is 7.05. The zero-order valence-corrected chi connectivity index (χ0v) is 19.9. The lowest BCUT2D eigenvalue weighted by Gasteiger charge is -2.41. The highest BCUT2D eigenvalue weighted by Crippen LogP contribution is 2.39. The molecule has 0 aromatic heterocycles. The molecule has 0 aliphatic carbocycles. The number of nitrogens with one attached hydrogen (secondary N) is 1. The van der Waals surface area contributed by atoms with Gasteiger partial charge in [0, 0.05) is 40.7 Å². The van der Waals surface area contributed by atoms with Crippen molar-refractivity contribution in [2.45, 2.75) is 32.7 Å². The normalized spacial score (nSPS) is 18.2. The number of benzene rings is 1. The molecular formula is C26H29N5OS. The highest BCUT2D eigenvalue weighted by atomic mass is 32.2. The van der Waals surface area contributed by atoms with Crippen LogP contribution in [0.15, 0.2) is 76.1 Å². The summed E-state index contributed by atoms with van der Waals surface area (Å²) in [6.45, 7) is 12.9. The first kappa shape index (κ1) is 22.9. The molecule has 0 atom stereocenters. The number of piperidine rings is 1. The maximum atomic E-state index is 11.3. The highest BCUT2D eigenvalue weighted by molar-refractivity contribution is 8.03. The van der Waals surface area contributed by atoms with Gasteiger partial charge in [-0.2, -0.15) is 5.26 Å². The Morgan fingerprint density at radius 3 is 2.76 bits per heavy atom. The van der Waals surface area contributed by atoms with E-state index in [-0.39, 0.29) is 12.3 Å². The van der Waals surface area contributed by atoms with E-state index in [0.29, 0.717) is 12.1 Å². The van der Waals surface area contributed by atoms with Crippen molar-refractivity contribution in [3.8, 4) is 6.07 Å². The van der Waals surface area contributed by atoms with Gasteiger partial charge in [0.2, 0.25) is 5.96 Å².